The number of sulfonamides is 1. The van der Waals surface area contributed by atoms with Gasteiger partial charge in [-0.3, -0.25) is 9.59 Å². The molecule has 2 N–H and O–H groups in total. The van der Waals surface area contributed by atoms with Crippen LogP contribution in [-0.2, 0) is 29.1 Å². The van der Waals surface area contributed by atoms with Crippen LogP contribution in [-0.4, -0.2) is 55.7 Å². The Kier molecular flexibility index (Phi) is 8.58. The Labute approximate surface area is 183 Å². The maximum atomic E-state index is 12.6. The highest BCUT2D eigenvalue weighted by Crippen LogP contribution is 2.29. The lowest BCUT2D eigenvalue weighted by Crippen LogP contribution is -2.56. The zero-order chi connectivity index (χ0) is 23.1. The van der Waals surface area contributed by atoms with E-state index in [2.05, 4.69) is 10.6 Å². The molecule has 172 valence electrons. The van der Waals surface area contributed by atoms with Gasteiger partial charge in [-0.05, 0) is 37.1 Å². The molecule has 1 aliphatic carbocycles. The zero-order valence-electron chi connectivity index (χ0n) is 18.3. The molecule has 0 aromatic heterocycles. The third-order valence-electron chi connectivity index (χ3n) is 5.33. The molecule has 10 heteroatoms. The summed E-state index contributed by atoms with van der Waals surface area (Å²) in [7, 11) is -3.58. The maximum Gasteiger partial charge on any atom is 0.332 e. The molecule has 0 spiro atoms. The normalized spacial score (nSPS) is 15.9. The van der Waals surface area contributed by atoms with Gasteiger partial charge in [0.2, 0.25) is 15.9 Å². The van der Waals surface area contributed by atoms with Crippen LogP contribution >= 0.6 is 0 Å². The fourth-order valence-corrected chi connectivity index (χ4v) is 5.22. The van der Waals surface area contributed by atoms with Crippen LogP contribution in [0.5, 0.6) is 0 Å². The number of hydrogen-bond donors (Lipinski definition) is 2. The number of amides is 2. The number of hydrogen-bond acceptors (Lipinski definition) is 6. The molecule has 1 fully saturated rings. The number of carbonyl (C=O) groups is 3. The van der Waals surface area contributed by atoms with E-state index in [4.69, 9.17) is 4.74 Å². The van der Waals surface area contributed by atoms with Gasteiger partial charge in [-0.1, -0.05) is 33.1 Å². The van der Waals surface area contributed by atoms with E-state index >= 15 is 0 Å². The van der Waals surface area contributed by atoms with Gasteiger partial charge in [-0.2, -0.15) is 4.31 Å². The molecular formula is C21H31N3O6S. The second-order valence-corrected chi connectivity index (χ2v) is 9.50. The summed E-state index contributed by atoms with van der Waals surface area (Å²) in [5.74, 6) is -1.48. The van der Waals surface area contributed by atoms with E-state index in [1.165, 1.54) is 35.5 Å². The van der Waals surface area contributed by atoms with Crippen LogP contribution in [0.4, 0.5) is 5.69 Å². The molecular weight excluding hydrogens is 422 g/mol. The summed E-state index contributed by atoms with van der Waals surface area (Å²) in [4.78, 5) is 36.5. The average molecular weight is 454 g/mol. The SMILES string of the molecule is CCN(CC)S(=O)(=O)c1ccc(NC(=O)COC(=O)C2(NC(C)=O)CCCCC2)cc1. The van der Waals surface area contributed by atoms with Crippen molar-refractivity contribution in [2.75, 3.05) is 25.0 Å². The number of benzene rings is 1. The number of nitrogens with zero attached hydrogens (tertiary/aromatic N) is 1. The van der Waals surface area contributed by atoms with Crippen LogP contribution in [0.1, 0.15) is 52.9 Å². The molecule has 9 nitrogen and oxygen atoms in total. The van der Waals surface area contributed by atoms with Crippen molar-refractivity contribution in [1.82, 2.24) is 9.62 Å². The van der Waals surface area contributed by atoms with E-state index in [1.807, 2.05) is 0 Å². The molecule has 0 bridgehead atoms. The Hall–Kier alpha value is -2.46. The Morgan fingerprint density at radius 1 is 1.03 bits per heavy atom. The molecule has 1 saturated carbocycles. The first-order chi connectivity index (χ1) is 14.6. The zero-order valence-corrected chi connectivity index (χ0v) is 19.1. The van der Waals surface area contributed by atoms with Crippen molar-refractivity contribution in [3.8, 4) is 0 Å². The largest absolute Gasteiger partial charge is 0.454 e. The van der Waals surface area contributed by atoms with Crippen LogP contribution in [0.25, 0.3) is 0 Å². The highest BCUT2D eigenvalue weighted by Gasteiger charge is 2.42. The second-order valence-electron chi connectivity index (χ2n) is 7.56. The highest BCUT2D eigenvalue weighted by molar-refractivity contribution is 7.89. The van der Waals surface area contributed by atoms with Gasteiger partial charge in [0.25, 0.3) is 5.91 Å². The molecule has 1 aromatic carbocycles. The van der Waals surface area contributed by atoms with Crippen molar-refractivity contribution in [2.24, 2.45) is 0 Å². The molecule has 0 heterocycles. The van der Waals surface area contributed by atoms with Crippen molar-refractivity contribution in [3.63, 3.8) is 0 Å². The maximum absolute atomic E-state index is 12.6. The van der Waals surface area contributed by atoms with Gasteiger partial charge in [0.15, 0.2) is 6.61 Å². The standard InChI is InChI=1S/C21H31N3O6S/c1-4-24(5-2)31(28,29)18-11-9-17(10-12-18)22-19(26)15-30-20(27)21(23-16(3)25)13-7-6-8-14-21/h9-12H,4-8,13-15H2,1-3H3,(H,22,26)(H,23,25). The number of esters is 1. The minimum absolute atomic E-state index is 0.134. The van der Waals surface area contributed by atoms with E-state index in [1.54, 1.807) is 13.8 Å². The smallest absolute Gasteiger partial charge is 0.332 e. The van der Waals surface area contributed by atoms with Gasteiger partial charge in [0, 0.05) is 25.7 Å². The number of rotatable bonds is 9. The van der Waals surface area contributed by atoms with E-state index in [0.717, 1.165) is 19.3 Å². The molecule has 2 amide bonds. The van der Waals surface area contributed by atoms with E-state index in [-0.39, 0.29) is 10.8 Å². The molecule has 0 saturated heterocycles. The molecule has 1 aromatic rings. The first-order valence-electron chi connectivity index (χ1n) is 10.5. The van der Waals surface area contributed by atoms with Crippen LogP contribution < -0.4 is 10.6 Å². The molecule has 0 radical (unpaired) electrons. The van der Waals surface area contributed by atoms with Gasteiger partial charge < -0.3 is 15.4 Å². The summed E-state index contributed by atoms with van der Waals surface area (Å²) >= 11 is 0. The van der Waals surface area contributed by atoms with Crippen molar-refractivity contribution in [2.45, 2.75) is 63.3 Å². The summed E-state index contributed by atoms with van der Waals surface area (Å²) in [5.41, 5.74) is -0.695. The van der Waals surface area contributed by atoms with Crippen LogP contribution in [0.15, 0.2) is 29.2 Å². The number of anilines is 1. The molecule has 2 rings (SSSR count). The first kappa shape index (κ1) is 24.8. The van der Waals surface area contributed by atoms with Crippen LogP contribution in [0, 0.1) is 0 Å². The molecule has 0 unspecified atom stereocenters. The highest BCUT2D eigenvalue weighted by atomic mass is 32.2. The van der Waals surface area contributed by atoms with Crippen molar-refractivity contribution in [3.05, 3.63) is 24.3 Å². The number of nitrogens with one attached hydrogen (secondary N) is 2. The summed E-state index contributed by atoms with van der Waals surface area (Å²) in [6.07, 6.45) is 3.54. The summed E-state index contributed by atoms with van der Waals surface area (Å²) in [5, 5.41) is 5.28. The van der Waals surface area contributed by atoms with Crippen molar-refractivity contribution in [1.29, 1.82) is 0 Å². The van der Waals surface area contributed by atoms with Gasteiger partial charge in [-0.15, -0.1) is 0 Å². The molecule has 31 heavy (non-hydrogen) atoms. The van der Waals surface area contributed by atoms with Crippen molar-refractivity contribution < 1.29 is 27.5 Å². The molecule has 0 aliphatic heterocycles. The second kappa shape index (κ2) is 10.7. The average Bonchev–Trinajstić information content (AvgIpc) is 2.73. The van der Waals surface area contributed by atoms with E-state index in [0.29, 0.717) is 31.6 Å². The Morgan fingerprint density at radius 2 is 1.61 bits per heavy atom. The minimum Gasteiger partial charge on any atom is -0.454 e. The molecule has 1 aliphatic rings. The number of ether oxygens (including phenoxy) is 1. The van der Waals surface area contributed by atoms with Gasteiger partial charge in [-0.25, -0.2) is 13.2 Å². The van der Waals surface area contributed by atoms with E-state index in [9.17, 15) is 22.8 Å². The summed E-state index contributed by atoms with van der Waals surface area (Å²) < 4.78 is 31.6. The number of carbonyl (C=O) groups excluding carboxylic acids is 3. The minimum atomic E-state index is -3.58. The van der Waals surface area contributed by atoms with Crippen LogP contribution in [0.3, 0.4) is 0 Å². The molecule has 0 atom stereocenters. The Morgan fingerprint density at radius 3 is 2.13 bits per heavy atom. The third-order valence-corrected chi connectivity index (χ3v) is 7.39. The predicted molar refractivity (Wildman–Crippen MR) is 116 cm³/mol. The lowest BCUT2D eigenvalue weighted by atomic mass is 9.81. The monoisotopic (exact) mass is 453 g/mol. The predicted octanol–water partition coefficient (Wildman–Crippen LogP) is 2.04. The lowest BCUT2D eigenvalue weighted by Gasteiger charge is -2.35. The fourth-order valence-electron chi connectivity index (χ4n) is 3.76. The summed E-state index contributed by atoms with van der Waals surface area (Å²) in [6.45, 7) is 5.10. The van der Waals surface area contributed by atoms with Crippen LogP contribution in [0.2, 0.25) is 0 Å². The Balaban J connectivity index is 1.96. The topological polar surface area (TPSA) is 122 Å². The van der Waals surface area contributed by atoms with Crippen molar-refractivity contribution >= 4 is 33.5 Å². The van der Waals surface area contributed by atoms with E-state index < -0.39 is 34.0 Å². The Bertz CT molecular complexity index is 888. The lowest BCUT2D eigenvalue weighted by molar-refractivity contribution is -0.157. The summed E-state index contributed by atoms with van der Waals surface area (Å²) in [6, 6.07) is 5.80. The third kappa shape index (κ3) is 6.27. The quantitative estimate of drug-likeness (QED) is 0.552. The van der Waals surface area contributed by atoms with Gasteiger partial charge in [0.05, 0.1) is 4.90 Å². The fraction of sp³-hybridized carbons (Fsp3) is 0.571. The van der Waals surface area contributed by atoms with Gasteiger partial charge >= 0.3 is 5.97 Å². The van der Waals surface area contributed by atoms with Gasteiger partial charge in [0.1, 0.15) is 5.54 Å². The first-order valence-corrected chi connectivity index (χ1v) is 11.9.